The lowest BCUT2D eigenvalue weighted by Crippen LogP contribution is -2.10. The number of hydrogen-bond donors (Lipinski definition) is 1. The van der Waals surface area contributed by atoms with Gasteiger partial charge in [-0.25, -0.2) is 0 Å². The van der Waals surface area contributed by atoms with Crippen molar-refractivity contribution in [1.29, 1.82) is 0 Å². The second-order valence-corrected chi connectivity index (χ2v) is 3.19. The molecule has 1 heterocycles. The highest BCUT2D eigenvalue weighted by Gasteiger charge is 2.01. The Bertz CT molecular complexity index is 434. The summed E-state index contributed by atoms with van der Waals surface area (Å²) in [6.07, 6.45) is 0. The van der Waals surface area contributed by atoms with Crippen LogP contribution in [0.15, 0.2) is 28.7 Å². The van der Waals surface area contributed by atoms with Gasteiger partial charge in [-0.15, -0.1) is 0 Å². The molecular weight excluding hydrogens is 202 g/mol. The molecular formula is C13H19NO2. The molecule has 88 valence electrons. The summed E-state index contributed by atoms with van der Waals surface area (Å²) in [5.74, 6) is 1.75. The van der Waals surface area contributed by atoms with Crippen LogP contribution in [0.3, 0.4) is 0 Å². The maximum absolute atomic E-state index is 5.45. The molecule has 0 unspecified atom stereocenters. The zero-order valence-electron chi connectivity index (χ0n) is 10.1. The SMILES string of the molecule is CC.Cc1cc2cc(OCCN)ccc2o1. The van der Waals surface area contributed by atoms with Crippen molar-refractivity contribution in [3.05, 3.63) is 30.0 Å². The smallest absolute Gasteiger partial charge is 0.134 e. The predicted molar refractivity (Wildman–Crippen MR) is 66.8 cm³/mol. The van der Waals surface area contributed by atoms with E-state index < -0.39 is 0 Å². The summed E-state index contributed by atoms with van der Waals surface area (Å²) >= 11 is 0. The molecule has 16 heavy (non-hydrogen) atoms. The molecule has 3 nitrogen and oxygen atoms in total. The van der Waals surface area contributed by atoms with Gasteiger partial charge in [0.25, 0.3) is 0 Å². The van der Waals surface area contributed by atoms with E-state index in [9.17, 15) is 0 Å². The molecule has 0 amide bonds. The maximum atomic E-state index is 5.45. The number of aryl methyl sites for hydroxylation is 1. The molecule has 2 aromatic rings. The Labute approximate surface area is 96.2 Å². The van der Waals surface area contributed by atoms with Crippen LogP contribution in [0.1, 0.15) is 19.6 Å². The first kappa shape index (κ1) is 12.6. The van der Waals surface area contributed by atoms with Crippen molar-refractivity contribution in [3.63, 3.8) is 0 Å². The lowest BCUT2D eigenvalue weighted by molar-refractivity contribution is 0.328. The summed E-state index contributed by atoms with van der Waals surface area (Å²) in [6, 6.07) is 7.75. The summed E-state index contributed by atoms with van der Waals surface area (Å²) in [6.45, 7) is 7.01. The number of furan rings is 1. The third-order valence-electron chi connectivity index (χ3n) is 2.00. The van der Waals surface area contributed by atoms with Crippen molar-refractivity contribution in [3.8, 4) is 5.75 Å². The molecule has 1 aromatic heterocycles. The molecule has 0 aliphatic heterocycles. The molecule has 0 aliphatic rings. The minimum atomic E-state index is 0.530. The topological polar surface area (TPSA) is 48.4 Å². The van der Waals surface area contributed by atoms with Crippen molar-refractivity contribution in [2.24, 2.45) is 5.73 Å². The van der Waals surface area contributed by atoms with E-state index in [0.717, 1.165) is 22.5 Å². The van der Waals surface area contributed by atoms with Crippen molar-refractivity contribution < 1.29 is 9.15 Å². The minimum absolute atomic E-state index is 0.530. The Morgan fingerprint density at radius 3 is 2.69 bits per heavy atom. The van der Waals surface area contributed by atoms with E-state index in [4.69, 9.17) is 14.9 Å². The van der Waals surface area contributed by atoms with Gasteiger partial charge in [0.1, 0.15) is 23.7 Å². The van der Waals surface area contributed by atoms with Gasteiger partial charge in [0.15, 0.2) is 0 Å². The van der Waals surface area contributed by atoms with Crippen LogP contribution in [0.4, 0.5) is 0 Å². The minimum Gasteiger partial charge on any atom is -0.492 e. The van der Waals surface area contributed by atoms with Crippen LogP contribution in [0.25, 0.3) is 11.0 Å². The Hall–Kier alpha value is -1.48. The molecule has 0 bridgehead atoms. The zero-order valence-corrected chi connectivity index (χ0v) is 10.1. The van der Waals surface area contributed by atoms with E-state index in [0.29, 0.717) is 13.2 Å². The number of rotatable bonds is 3. The Morgan fingerprint density at radius 1 is 1.25 bits per heavy atom. The van der Waals surface area contributed by atoms with Gasteiger partial charge in [0.05, 0.1) is 0 Å². The van der Waals surface area contributed by atoms with E-state index in [-0.39, 0.29) is 0 Å². The van der Waals surface area contributed by atoms with Crippen molar-refractivity contribution in [2.45, 2.75) is 20.8 Å². The Kier molecular flexibility index (Phi) is 4.86. The lowest BCUT2D eigenvalue weighted by Gasteiger charge is -2.02. The summed E-state index contributed by atoms with van der Waals surface area (Å²) < 4.78 is 10.9. The number of nitrogens with two attached hydrogens (primary N) is 1. The fourth-order valence-electron chi connectivity index (χ4n) is 1.42. The molecule has 0 saturated heterocycles. The predicted octanol–water partition coefficient (Wildman–Crippen LogP) is 3.10. The number of ether oxygens (including phenoxy) is 1. The maximum Gasteiger partial charge on any atom is 0.134 e. The van der Waals surface area contributed by atoms with Gasteiger partial charge in [-0.2, -0.15) is 0 Å². The van der Waals surface area contributed by atoms with E-state index in [1.54, 1.807) is 0 Å². The normalized spacial score (nSPS) is 9.75. The number of fused-ring (bicyclic) bond motifs is 1. The first-order valence-corrected chi connectivity index (χ1v) is 5.62. The van der Waals surface area contributed by atoms with Gasteiger partial charge in [-0.3, -0.25) is 0 Å². The van der Waals surface area contributed by atoms with Crippen LogP contribution in [0.2, 0.25) is 0 Å². The molecule has 2 rings (SSSR count). The van der Waals surface area contributed by atoms with E-state index in [1.165, 1.54) is 0 Å². The van der Waals surface area contributed by atoms with Crippen molar-refractivity contribution >= 4 is 11.0 Å². The molecule has 2 N–H and O–H groups in total. The van der Waals surface area contributed by atoms with Crippen molar-refractivity contribution in [2.75, 3.05) is 13.2 Å². The first-order valence-electron chi connectivity index (χ1n) is 5.62. The second-order valence-electron chi connectivity index (χ2n) is 3.19. The zero-order chi connectivity index (χ0) is 12.0. The molecule has 0 fully saturated rings. The van der Waals surface area contributed by atoms with Gasteiger partial charge in [-0.1, -0.05) is 13.8 Å². The van der Waals surface area contributed by atoms with Gasteiger partial charge in [0, 0.05) is 11.9 Å². The molecule has 3 heteroatoms. The summed E-state index contributed by atoms with van der Waals surface area (Å²) in [4.78, 5) is 0. The van der Waals surface area contributed by atoms with Crippen LogP contribution in [0, 0.1) is 6.92 Å². The van der Waals surface area contributed by atoms with Gasteiger partial charge in [-0.05, 0) is 31.2 Å². The molecule has 0 saturated carbocycles. The van der Waals surface area contributed by atoms with Crippen molar-refractivity contribution in [1.82, 2.24) is 0 Å². The van der Waals surface area contributed by atoms with Gasteiger partial charge >= 0.3 is 0 Å². The van der Waals surface area contributed by atoms with E-state index >= 15 is 0 Å². The highest BCUT2D eigenvalue weighted by Crippen LogP contribution is 2.23. The fraction of sp³-hybridized carbons (Fsp3) is 0.385. The first-order chi connectivity index (χ1) is 7.79. The van der Waals surface area contributed by atoms with Gasteiger partial charge in [0.2, 0.25) is 0 Å². The Balaban J connectivity index is 0.000000606. The standard InChI is InChI=1S/C11H13NO2.C2H6/c1-8-6-9-7-10(13-5-4-12)2-3-11(9)14-8;1-2/h2-3,6-7H,4-5,12H2,1H3;1-2H3. The molecule has 0 spiro atoms. The largest absolute Gasteiger partial charge is 0.492 e. The summed E-state index contributed by atoms with van der Waals surface area (Å²) in [5.41, 5.74) is 6.24. The van der Waals surface area contributed by atoms with E-state index in [2.05, 4.69) is 0 Å². The second kappa shape index (κ2) is 6.18. The quantitative estimate of drug-likeness (QED) is 0.866. The highest BCUT2D eigenvalue weighted by molar-refractivity contribution is 5.79. The average Bonchev–Trinajstić information content (AvgIpc) is 2.68. The summed E-state index contributed by atoms with van der Waals surface area (Å²) in [5, 5.41) is 1.07. The third-order valence-corrected chi connectivity index (χ3v) is 2.00. The number of hydrogen-bond acceptors (Lipinski definition) is 3. The van der Waals surface area contributed by atoms with Gasteiger partial charge < -0.3 is 14.9 Å². The third kappa shape index (κ3) is 3.00. The fourth-order valence-corrected chi connectivity index (χ4v) is 1.42. The number of benzene rings is 1. The lowest BCUT2D eigenvalue weighted by atomic mass is 10.2. The molecule has 1 aromatic carbocycles. The monoisotopic (exact) mass is 221 g/mol. The highest BCUT2D eigenvalue weighted by atomic mass is 16.5. The average molecular weight is 221 g/mol. The van der Waals surface area contributed by atoms with Crippen LogP contribution < -0.4 is 10.5 Å². The van der Waals surface area contributed by atoms with E-state index in [1.807, 2.05) is 45.0 Å². The van der Waals surface area contributed by atoms with Crippen LogP contribution in [0.5, 0.6) is 5.75 Å². The Morgan fingerprint density at radius 2 is 2.00 bits per heavy atom. The van der Waals surface area contributed by atoms with Crippen LogP contribution in [-0.4, -0.2) is 13.2 Å². The van der Waals surface area contributed by atoms with Crippen LogP contribution in [-0.2, 0) is 0 Å². The molecule has 0 radical (unpaired) electrons. The molecule has 0 aliphatic carbocycles. The summed E-state index contributed by atoms with van der Waals surface area (Å²) in [7, 11) is 0. The van der Waals surface area contributed by atoms with Crippen LogP contribution >= 0.6 is 0 Å². The molecule has 0 atom stereocenters.